The first-order valence-corrected chi connectivity index (χ1v) is 8.83. The molecule has 0 heterocycles. The van der Waals surface area contributed by atoms with Crippen molar-refractivity contribution in [1.29, 1.82) is 0 Å². The summed E-state index contributed by atoms with van der Waals surface area (Å²) in [5.74, 6) is 1.44. The molecule has 3 aliphatic rings. The largest absolute Gasteiger partial charge is 0.396 e. The fourth-order valence-electron chi connectivity index (χ4n) is 6.01. The number of aliphatic hydroxyl groups excluding tert-OH is 1. The van der Waals surface area contributed by atoms with Crippen LogP contribution in [0, 0.1) is 28.1 Å². The number of hydrogen-bond acceptors (Lipinski definition) is 1. The third-order valence-electron chi connectivity index (χ3n) is 7.38. The molecule has 2 saturated carbocycles. The van der Waals surface area contributed by atoms with Gasteiger partial charge in [-0.1, -0.05) is 44.9 Å². The maximum atomic E-state index is 9.99. The first kappa shape index (κ1) is 15.3. The van der Waals surface area contributed by atoms with Gasteiger partial charge < -0.3 is 5.11 Å². The number of hydrogen-bond donors (Lipinski definition) is 1. The average molecular weight is 288 g/mol. The molecule has 0 radical (unpaired) electrons. The van der Waals surface area contributed by atoms with Crippen LogP contribution < -0.4 is 0 Å². The summed E-state index contributed by atoms with van der Waals surface area (Å²) in [5, 5.41) is 9.99. The van der Waals surface area contributed by atoms with Crippen LogP contribution >= 0.6 is 0 Å². The number of aliphatic hydroxyl groups is 1. The standard InChI is InChI=1S/C20H32O/c1-5-18(2)12-9-16-15(13-18)7-8-17-19(3,14-21)10-6-11-20(16,17)4/h5,13,16-17,21H,1,6-12,14H2,2-4H3/t16-,17+,18-,19+,20+/m1/s1. The zero-order valence-electron chi connectivity index (χ0n) is 14.1. The van der Waals surface area contributed by atoms with Gasteiger partial charge in [0, 0.05) is 12.0 Å². The highest BCUT2D eigenvalue weighted by molar-refractivity contribution is 5.26. The lowest BCUT2D eigenvalue weighted by Crippen LogP contribution is -2.52. The second-order valence-corrected chi connectivity index (χ2v) is 8.78. The lowest BCUT2D eigenvalue weighted by molar-refractivity contribution is -0.0892. The Kier molecular flexibility index (Phi) is 3.64. The number of fused-ring (bicyclic) bond motifs is 3. The van der Waals surface area contributed by atoms with Gasteiger partial charge in [-0.15, -0.1) is 6.58 Å². The fraction of sp³-hybridized carbons (Fsp3) is 0.800. The molecule has 1 nitrogen and oxygen atoms in total. The Morgan fingerprint density at radius 3 is 2.67 bits per heavy atom. The van der Waals surface area contributed by atoms with Crippen molar-refractivity contribution in [2.45, 2.75) is 65.7 Å². The van der Waals surface area contributed by atoms with Crippen molar-refractivity contribution in [1.82, 2.24) is 0 Å². The zero-order valence-corrected chi connectivity index (χ0v) is 14.1. The SMILES string of the molecule is C=C[C@@]1(C)C=C2CC[C@H]3[C@](C)(CO)CCC[C@@]3(C)[C@@H]2CC1. The van der Waals surface area contributed by atoms with Gasteiger partial charge in [-0.2, -0.15) is 0 Å². The van der Waals surface area contributed by atoms with E-state index in [2.05, 4.69) is 39.5 Å². The summed E-state index contributed by atoms with van der Waals surface area (Å²) < 4.78 is 0. The van der Waals surface area contributed by atoms with Gasteiger partial charge in [0.2, 0.25) is 0 Å². The molecule has 0 aliphatic heterocycles. The molecule has 5 atom stereocenters. The highest BCUT2D eigenvalue weighted by atomic mass is 16.3. The molecule has 0 aromatic rings. The van der Waals surface area contributed by atoms with Crippen molar-refractivity contribution in [2.24, 2.45) is 28.1 Å². The van der Waals surface area contributed by atoms with Gasteiger partial charge in [-0.25, -0.2) is 0 Å². The van der Waals surface area contributed by atoms with Crippen LogP contribution in [0.4, 0.5) is 0 Å². The lowest BCUT2D eigenvalue weighted by atomic mass is 9.45. The summed E-state index contributed by atoms with van der Waals surface area (Å²) in [6, 6.07) is 0. The minimum atomic E-state index is 0.151. The fourth-order valence-corrected chi connectivity index (χ4v) is 6.01. The van der Waals surface area contributed by atoms with Crippen LogP contribution in [0.3, 0.4) is 0 Å². The average Bonchev–Trinajstić information content (AvgIpc) is 2.46. The van der Waals surface area contributed by atoms with Crippen LogP contribution in [0.1, 0.15) is 65.7 Å². The predicted octanol–water partition coefficient (Wildman–Crippen LogP) is 5.11. The Bertz CT molecular complexity index is 464. The van der Waals surface area contributed by atoms with Crippen LogP contribution in [0.2, 0.25) is 0 Å². The first-order valence-electron chi connectivity index (χ1n) is 8.83. The predicted molar refractivity (Wildman–Crippen MR) is 89.0 cm³/mol. The first-order chi connectivity index (χ1) is 9.87. The van der Waals surface area contributed by atoms with Crippen LogP contribution in [0.25, 0.3) is 0 Å². The molecule has 1 heteroatoms. The minimum absolute atomic E-state index is 0.151. The summed E-state index contributed by atoms with van der Waals surface area (Å²) in [5.41, 5.74) is 2.47. The quantitative estimate of drug-likeness (QED) is 0.700. The molecule has 0 bridgehead atoms. The summed E-state index contributed by atoms with van der Waals surface area (Å²) in [6.07, 6.45) is 13.6. The molecular formula is C20H32O. The van der Waals surface area contributed by atoms with Gasteiger partial charge in [-0.05, 0) is 61.2 Å². The van der Waals surface area contributed by atoms with Gasteiger partial charge in [0.05, 0.1) is 0 Å². The van der Waals surface area contributed by atoms with Crippen molar-refractivity contribution < 1.29 is 5.11 Å². The van der Waals surface area contributed by atoms with Crippen LogP contribution in [-0.2, 0) is 0 Å². The van der Waals surface area contributed by atoms with Crippen LogP contribution in [-0.4, -0.2) is 11.7 Å². The van der Waals surface area contributed by atoms with Crippen molar-refractivity contribution in [3.63, 3.8) is 0 Å². The Morgan fingerprint density at radius 2 is 2.00 bits per heavy atom. The Balaban J connectivity index is 1.96. The highest BCUT2D eigenvalue weighted by Gasteiger charge is 2.55. The van der Waals surface area contributed by atoms with E-state index >= 15 is 0 Å². The van der Waals surface area contributed by atoms with Crippen molar-refractivity contribution in [2.75, 3.05) is 6.61 Å². The summed E-state index contributed by atoms with van der Waals surface area (Å²) in [6.45, 7) is 11.6. The molecule has 0 saturated heterocycles. The van der Waals surface area contributed by atoms with E-state index in [1.54, 1.807) is 5.57 Å². The summed E-state index contributed by atoms with van der Waals surface area (Å²) >= 11 is 0. The Hall–Kier alpha value is -0.560. The second-order valence-electron chi connectivity index (χ2n) is 8.78. The monoisotopic (exact) mass is 288 g/mol. The van der Waals surface area contributed by atoms with Gasteiger partial charge in [0.1, 0.15) is 0 Å². The summed E-state index contributed by atoms with van der Waals surface area (Å²) in [7, 11) is 0. The van der Waals surface area contributed by atoms with Crippen molar-refractivity contribution in [3.8, 4) is 0 Å². The van der Waals surface area contributed by atoms with Crippen molar-refractivity contribution in [3.05, 3.63) is 24.3 Å². The van der Waals surface area contributed by atoms with E-state index in [0.717, 1.165) is 5.92 Å². The van der Waals surface area contributed by atoms with Gasteiger partial charge in [0.25, 0.3) is 0 Å². The minimum Gasteiger partial charge on any atom is -0.396 e. The van der Waals surface area contributed by atoms with Gasteiger partial charge in [-0.3, -0.25) is 0 Å². The molecule has 21 heavy (non-hydrogen) atoms. The Labute approximate surface area is 130 Å². The molecule has 118 valence electrons. The van der Waals surface area contributed by atoms with Crippen molar-refractivity contribution >= 4 is 0 Å². The van der Waals surface area contributed by atoms with E-state index in [1.807, 2.05) is 0 Å². The lowest BCUT2D eigenvalue weighted by Gasteiger charge is -2.60. The van der Waals surface area contributed by atoms with E-state index in [9.17, 15) is 5.11 Å². The van der Waals surface area contributed by atoms with Crippen LogP contribution in [0.5, 0.6) is 0 Å². The van der Waals surface area contributed by atoms with E-state index in [-0.39, 0.29) is 10.8 Å². The van der Waals surface area contributed by atoms with Crippen LogP contribution in [0.15, 0.2) is 24.3 Å². The topological polar surface area (TPSA) is 20.2 Å². The normalized spacial score (nSPS) is 49.8. The zero-order chi connectivity index (χ0) is 15.3. The van der Waals surface area contributed by atoms with E-state index in [4.69, 9.17) is 0 Å². The third-order valence-corrected chi connectivity index (χ3v) is 7.38. The smallest absolute Gasteiger partial charge is 0.0487 e. The molecule has 3 aliphatic carbocycles. The van der Waals surface area contributed by atoms with Gasteiger partial charge >= 0.3 is 0 Å². The molecule has 3 rings (SSSR count). The van der Waals surface area contributed by atoms with E-state index in [0.29, 0.717) is 17.9 Å². The van der Waals surface area contributed by atoms with E-state index < -0.39 is 0 Å². The maximum Gasteiger partial charge on any atom is 0.0487 e. The maximum absolute atomic E-state index is 9.99. The van der Waals surface area contributed by atoms with Gasteiger partial charge in [0.15, 0.2) is 0 Å². The molecule has 2 fully saturated rings. The number of rotatable bonds is 2. The number of allylic oxidation sites excluding steroid dienone is 3. The second kappa shape index (κ2) is 4.98. The van der Waals surface area contributed by atoms with E-state index in [1.165, 1.54) is 44.9 Å². The molecule has 0 amide bonds. The summed E-state index contributed by atoms with van der Waals surface area (Å²) in [4.78, 5) is 0. The molecule has 0 aromatic carbocycles. The third kappa shape index (κ3) is 2.23. The highest BCUT2D eigenvalue weighted by Crippen LogP contribution is 2.63. The molecule has 0 unspecified atom stereocenters. The molecular weight excluding hydrogens is 256 g/mol. The molecule has 0 aromatic heterocycles. The molecule has 0 spiro atoms. The Morgan fingerprint density at radius 1 is 1.24 bits per heavy atom. The molecule has 1 N–H and O–H groups in total.